The minimum absolute atomic E-state index is 0.919. The van der Waals surface area contributed by atoms with Crippen LogP contribution < -0.4 is 5.32 Å². The Hall–Kier alpha value is -2.02. The number of allylic oxidation sites excluding steroid dienone is 4. The summed E-state index contributed by atoms with van der Waals surface area (Å²) in [7, 11) is 0. The Morgan fingerprint density at radius 2 is 1.95 bits per heavy atom. The van der Waals surface area contributed by atoms with Crippen LogP contribution in [0.3, 0.4) is 0 Å². The topological polar surface area (TPSA) is 12.0 Å². The summed E-state index contributed by atoms with van der Waals surface area (Å²) in [5.74, 6) is 0. The largest absolute Gasteiger partial charge is 0.355 e. The molecule has 0 heterocycles. The summed E-state index contributed by atoms with van der Waals surface area (Å²) < 4.78 is 0. The Balaban J connectivity index is 3.01. The zero-order valence-corrected chi connectivity index (χ0v) is 12.4. The number of hydrogen-bond acceptors (Lipinski definition) is 1. The lowest BCUT2D eigenvalue weighted by Crippen LogP contribution is -2.02. The van der Waals surface area contributed by atoms with Crippen LogP contribution in [0.2, 0.25) is 0 Å². The third-order valence-corrected chi connectivity index (χ3v) is 3.17. The molecule has 0 aliphatic carbocycles. The van der Waals surface area contributed by atoms with Crippen molar-refractivity contribution in [2.75, 3.05) is 5.32 Å². The Morgan fingerprint density at radius 1 is 1.26 bits per heavy atom. The van der Waals surface area contributed by atoms with E-state index >= 15 is 0 Å². The van der Waals surface area contributed by atoms with Crippen LogP contribution in [0.25, 0.3) is 6.08 Å². The van der Waals surface area contributed by atoms with Crippen molar-refractivity contribution in [1.29, 1.82) is 0 Å². The van der Waals surface area contributed by atoms with E-state index in [1.165, 1.54) is 11.1 Å². The zero-order valence-electron chi connectivity index (χ0n) is 12.4. The SMILES string of the molecule is C=Cc1cc(C)ccc1NC(=C)/C(C)=C(C)/C=C\C. The fraction of sp³-hybridized carbons (Fsp3) is 0.222. The standard InChI is InChI=1S/C18H23N/c1-7-9-14(4)15(5)16(6)19-18-11-10-13(3)12-17(18)8-2/h7-12,19H,2,6H2,1,3-5H3/b9-7-,15-14+. The molecule has 0 aliphatic rings. The molecule has 0 spiro atoms. The second-order valence-electron chi connectivity index (χ2n) is 4.71. The quantitative estimate of drug-likeness (QED) is 0.685. The second kappa shape index (κ2) is 6.79. The van der Waals surface area contributed by atoms with Crippen LogP contribution >= 0.6 is 0 Å². The van der Waals surface area contributed by atoms with Crippen molar-refractivity contribution in [2.45, 2.75) is 27.7 Å². The van der Waals surface area contributed by atoms with Gasteiger partial charge >= 0.3 is 0 Å². The van der Waals surface area contributed by atoms with Gasteiger partial charge < -0.3 is 5.32 Å². The Kier molecular flexibility index (Phi) is 5.37. The molecule has 1 N–H and O–H groups in total. The molecule has 1 nitrogen and oxygen atoms in total. The number of nitrogens with one attached hydrogen (secondary N) is 1. The summed E-state index contributed by atoms with van der Waals surface area (Å²) in [5.41, 5.74) is 6.66. The van der Waals surface area contributed by atoms with E-state index < -0.39 is 0 Å². The van der Waals surface area contributed by atoms with Gasteiger partial charge in [0.15, 0.2) is 0 Å². The number of rotatable bonds is 5. The normalized spacial score (nSPS) is 12.2. The number of hydrogen-bond donors (Lipinski definition) is 1. The molecule has 0 fully saturated rings. The van der Waals surface area contributed by atoms with Crippen LogP contribution in [0.5, 0.6) is 0 Å². The highest BCUT2D eigenvalue weighted by molar-refractivity contribution is 5.69. The van der Waals surface area contributed by atoms with E-state index in [-0.39, 0.29) is 0 Å². The summed E-state index contributed by atoms with van der Waals surface area (Å²) in [5, 5.41) is 3.37. The van der Waals surface area contributed by atoms with Gasteiger partial charge in [0.2, 0.25) is 0 Å². The third kappa shape index (κ3) is 3.99. The van der Waals surface area contributed by atoms with E-state index in [1.807, 2.05) is 19.1 Å². The molecule has 1 rings (SSSR count). The number of benzene rings is 1. The van der Waals surface area contributed by atoms with Gasteiger partial charge in [0.25, 0.3) is 0 Å². The smallest absolute Gasteiger partial charge is 0.0457 e. The lowest BCUT2D eigenvalue weighted by molar-refractivity contribution is 1.28. The number of anilines is 1. The van der Waals surface area contributed by atoms with Gasteiger partial charge in [-0.05, 0) is 56.5 Å². The second-order valence-corrected chi connectivity index (χ2v) is 4.71. The Bertz CT molecular complexity index is 545. The van der Waals surface area contributed by atoms with Gasteiger partial charge in [0.05, 0.1) is 0 Å². The Labute approximate surface area is 117 Å². The summed E-state index contributed by atoms with van der Waals surface area (Å²) in [6.07, 6.45) is 5.99. The average molecular weight is 253 g/mol. The van der Waals surface area contributed by atoms with Crippen LogP contribution in [-0.2, 0) is 0 Å². The molecule has 0 radical (unpaired) electrons. The number of aryl methyl sites for hydroxylation is 1. The zero-order chi connectivity index (χ0) is 14.4. The van der Waals surface area contributed by atoms with E-state index in [0.717, 1.165) is 22.5 Å². The lowest BCUT2D eigenvalue weighted by atomic mass is 10.1. The van der Waals surface area contributed by atoms with Crippen molar-refractivity contribution in [1.82, 2.24) is 0 Å². The molecule has 0 aromatic heterocycles. The lowest BCUT2D eigenvalue weighted by Gasteiger charge is -2.14. The van der Waals surface area contributed by atoms with Crippen molar-refractivity contribution < 1.29 is 0 Å². The van der Waals surface area contributed by atoms with Crippen LogP contribution in [0.15, 0.2) is 60.4 Å². The highest BCUT2D eigenvalue weighted by Crippen LogP contribution is 2.23. The Morgan fingerprint density at radius 3 is 2.53 bits per heavy atom. The van der Waals surface area contributed by atoms with Gasteiger partial charge in [-0.2, -0.15) is 0 Å². The molecule has 0 unspecified atom stereocenters. The monoisotopic (exact) mass is 253 g/mol. The highest BCUT2D eigenvalue weighted by atomic mass is 14.9. The fourth-order valence-corrected chi connectivity index (χ4v) is 1.83. The van der Waals surface area contributed by atoms with Crippen molar-refractivity contribution in [3.63, 3.8) is 0 Å². The maximum atomic E-state index is 4.11. The molecule has 0 saturated heterocycles. The maximum absolute atomic E-state index is 4.11. The van der Waals surface area contributed by atoms with Crippen molar-refractivity contribution >= 4 is 11.8 Å². The van der Waals surface area contributed by atoms with Gasteiger partial charge in [-0.3, -0.25) is 0 Å². The minimum Gasteiger partial charge on any atom is -0.355 e. The van der Waals surface area contributed by atoms with Crippen LogP contribution in [-0.4, -0.2) is 0 Å². The molecule has 0 amide bonds. The first kappa shape index (κ1) is 15.0. The predicted molar refractivity (Wildman–Crippen MR) is 87.2 cm³/mol. The first-order chi connectivity index (χ1) is 8.99. The van der Waals surface area contributed by atoms with Gasteiger partial charge in [-0.25, -0.2) is 0 Å². The molecule has 19 heavy (non-hydrogen) atoms. The third-order valence-electron chi connectivity index (χ3n) is 3.17. The van der Waals surface area contributed by atoms with Gasteiger partial charge in [0.1, 0.15) is 0 Å². The van der Waals surface area contributed by atoms with Crippen LogP contribution in [0.4, 0.5) is 5.69 Å². The molecular weight excluding hydrogens is 230 g/mol. The molecule has 0 atom stereocenters. The van der Waals surface area contributed by atoms with Gasteiger partial charge in [-0.1, -0.05) is 43.0 Å². The summed E-state index contributed by atoms with van der Waals surface area (Å²) in [6, 6.07) is 6.26. The van der Waals surface area contributed by atoms with E-state index in [1.54, 1.807) is 0 Å². The van der Waals surface area contributed by atoms with E-state index in [4.69, 9.17) is 0 Å². The predicted octanol–water partition coefficient (Wildman–Crippen LogP) is 5.48. The average Bonchev–Trinajstić information content (AvgIpc) is 2.39. The molecule has 100 valence electrons. The molecule has 1 aromatic carbocycles. The van der Waals surface area contributed by atoms with Gasteiger partial charge in [0, 0.05) is 11.4 Å². The molecule has 0 aliphatic heterocycles. The maximum Gasteiger partial charge on any atom is 0.0457 e. The fourth-order valence-electron chi connectivity index (χ4n) is 1.83. The van der Waals surface area contributed by atoms with Crippen molar-refractivity contribution in [2.24, 2.45) is 0 Å². The van der Waals surface area contributed by atoms with E-state index in [2.05, 4.69) is 63.5 Å². The van der Waals surface area contributed by atoms with E-state index in [0.29, 0.717) is 0 Å². The van der Waals surface area contributed by atoms with Crippen molar-refractivity contribution in [3.05, 3.63) is 71.5 Å². The van der Waals surface area contributed by atoms with Crippen LogP contribution in [0, 0.1) is 6.92 Å². The minimum atomic E-state index is 0.919. The van der Waals surface area contributed by atoms with Crippen molar-refractivity contribution in [3.8, 4) is 0 Å². The molecule has 1 aromatic rings. The molecular formula is C18H23N. The highest BCUT2D eigenvalue weighted by Gasteiger charge is 2.04. The molecule has 0 saturated carbocycles. The molecule has 0 bridgehead atoms. The summed E-state index contributed by atoms with van der Waals surface area (Å²) in [4.78, 5) is 0. The first-order valence-electron chi connectivity index (χ1n) is 6.49. The summed E-state index contributed by atoms with van der Waals surface area (Å²) >= 11 is 0. The summed E-state index contributed by atoms with van der Waals surface area (Å²) in [6.45, 7) is 16.2. The van der Waals surface area contributed by atoms with Crippen LogP contribution in [0.1, 0.15) is 31.9 Å². The molecule has 1 heteroatoms. The van der Waals surface area contributed by atoms with E-state index in [9.17, 15) is 0 Å². The van der Waals surface area contributed by atoms with Gasteiger partial charge in [-0.15, -0.1) is 0 Å². The first-order valence-corrected chi connectivity index (χ1v) is 6.49.